The summed E-state index contributed by atoms with van der Waals surface area (Å²) in [6.45, 7) is 0. The van der Waals surface area contributed by atoms with Gasteiger partial charge in [-0.1, -0.05) is 0 Å². The molecule has 0 unspecified atom stereocenters. The summed E-state index contributed by atoms with van der Waals surface area (Å²) in [6, 6.07) is 0.752. The second-order valence-electron chi connectivity index (χ2n) is 4.13. The highest BCUT2D eigenvalue weighted by atomic mass is 19.2. The second-order valence-corrected chi connectivity index (χ2v) is 4.13. The first-order valence-electron chi connectivity index (χ1n) is 5.76. The van der Waals surface area contributed by atoms with E-state index in [1.165, 1.54) is 0 Å². The molecule has 0 aromatic heterocycles. The maximum atomic E-state index is 13.9. The van der Waals surface area contributed by atoms with Crippen molar-refractivity contribution < 1.29 is 35.8 Å². The maximum absolute atomic E-state index is 13.9. The molecule has 0 amide bonds. The highest BCUT2D eigenvalue weighted by Crippen LogP contribution is 2.37. The summed E-state index contributed by atoms with van der Waals surface area (Å²) in [7, 11) is 1.79. The van der Waals surface area contributed by atoms with Crippen molar-refractivity contribution in [3.05, 3.63) is 47.0 Å². The van der Waals surface area contributed by atoms with Gasteiger partial charge in [-0.15, -0.1) is 0 Å². The van der Waals surface area contributed by atoms with E-state index in [2.05, 4.69) is 9.47 Å². The number of hydrogen-bond donors (Lipinski definition) is 0. The Balaban J connectivity index is 2.78. The van der Waals surface area contributed by atoms with Gasteiger partial charge in [0.25, 0.3) is 0 Å². The lowest BCUT2D eigenvalue weighted by Gasteiger charge is -2.12. The number of methoxy groups -OCH3 is 2. The van der Waals surface area contributed by atoms with Gasteiger partial charge in [0.05, 0.1) is 14.2 Å². The van der Waals surface area contributed by atoms with E-state index in [1.54, 1.807) is 0 Å². The Labute approximate surface area is 120 Å². The van der Waals surface area contributed by atoms with E-state index in [0.717, 1.165) is 14.2 Å². The molecular weight excluding hydrogens is 314 g/mol. The minimum absolute atomic E-state index is 0.376. The zero-order valence-electron chi connectivity index (χ0n) is 11.2. The van der Waals surface area contributed by atoms with Gasteiger partial charge in [0.2, 0.25) is 11.6 Å². The van der Waals surface area contributed by atoms with Crippen molar-refractivity contribution >= 4 is 0 Å². The van der Waals surface area contributed by atoms with E-state index in [-0.39, 0.29) is 0 Å². The van der Waals surface area contributed by atoms with Gasteiger partial charge in [0, 0.05) is 11.1 Å². The summed E-state index contributed by atoms with van der Waals surface area (Å²) < 4.78 is 90.8. The standard InChI is InChI=1S/C14H8F6O2/c1-21-13-7(15)3-5(9(17)11(13)19)6-4-8(16)14(22-2)12(20)10(6)18/h3-4H,1-2H3. The number of benzene rings is 2. The minimum atomic E-state index is -1.74. The predicted octanol–water partition coefficient (Wildman–Crippen LogP) is 4.21. The molecule has 0 spiro atoms. The van der Waals surface area contributed by atoms with Gasteiger partial charge in [-0.2, -0.15) is 8.78 Å². The Morgan fingerprint density at radius 3 is 1.18 bits per heavy atom. The van der Waals surface area contributed by atoms with E-state index < -0.39 is 57.5 Å². The molecule has 0 aliphatic carbocycles. The Bertz CT molecular complexity index is 682. The first-order chi connectivity index (χ1) is 10.3. The second kappa shape index (κ2) is 5.78. The lowest BCUT2D eigenvalue weighted by atomic mass is 10.0. The van der Waals surface area contributed by atoms with Crippen LogP contribution in [0.1, 0.15) is 0 Å². The van der Waals surface area contributed by atoms with Crippen LogP contribution in [0.25, 0.3) is 11.1 Å². The number of ether oxygens (including phenoxy) is 2. The highest BCUT2D eigenvalue weighted by molar-refractivity contribution is 5.67. The fraction of sp³-hybridized carbons (Fsp3) is 0.143. The Hall–Kier alpha value is -2.38. The number of rotatable bonds is 3. The molecule has 22 heavy (non-hydrogen) atoms. The molecule has 8 heteroatoms. The van der Waals surface area contributed by atoms with Crippen LogP contribution in [0.4, 0.5) is 26.3 Å². The van der Waals surface area contributed by atoms with Crippen LogP contribution in [0, 0.1) is 34.9 Å². The molecule has 0 fully saturated rings. The summed E-state index contributed by atoms with van der Waals surface area (Å²) in [6.07, 6.45) is 0. The Kier molecular flexibility index (Phi) is 4.20. The zero-order chi connectivity index (χ0) is 16.6. The van der Waals surface area contributed by atoms with Gasteiger partial charge >= 0.3 is 0 Å². The van der Waals surface area contributed by atoms with Crippen molar-refractivity contribution in [3.8, 4) is 22.6 Å². The van der Waals surface area contributed by atoms with Gasteiger partial charge in [-0.25, -0.2) is 17.6 Å². The van der Waals surface area contributed by atoms with Crippen LogP contribution in [0.5, 0.6) is 11.5 Å². The first-order valence-corrected chi connectivity index (χ1v) is 5.76. The van der Waals surface area contributed by atoms with Gasteiger partial charge in [0.1, 0.15) is 0 Å². The fourth-order valence-electron chi connectivity index (χ4n) is 1.92. The molecule has 0 radical (unpaired) electrons. The predicted molar refractivity (Wildman–Crippen MR) is 64.7 cm³/mol. The Morgan fingerprint density at radius 2 is 0.909 bits per heavy atom. The van der Waals surface area contributed by atoms with Crippen LogP contribution in [-0.2, 0) is 0 Å². The zero-order valence-corrected chi connectivity index (χ0v) is 11.2. The van der Waals surface area contributed by atoms with Crippen molar-refractivity contribution in [2.75, 3.05) is 14.2 Å². The molecule has 0 aliphatic rings. The molecule has 2 rings (SSSR count). The van der Waals surface area contributed by atoms with E-state index >= 15 is 0 Å². The SMILES string of the molecule is COc1c(F)cc(-c2cc(F)c(OC)c(F)c2F)c(F)c1F. The molecule has 2 aromatic carbocycles. The normalized spacial score (nSPS) is 10.7. The van der Waals surface area contributed by atoms with Crippen molar-refractivity contribution in [1.29, 1.82) is 0 Å². The third-order valence-electron chi connectivity index (χ3n) is 2.93. The molecule has 2 nitrogen and oxygen atoms in total. The molecule has 118 valence electrons. The van der Waals surface area contributed by atoms with Crippen molar-refractivity contribution in [2.24, 2.45) is 0 Å². The van der Waals surface area contributed by atoms with Crippen molar-refractivity contribution in [1.82, 2.24) is 0 Å². The van der Waals surface area contributed by atoms with E-state index in [1.807, 2.05) is 0 Å². The molecule has 0 bridgehead atoms. The largest absolute Gasteiger partial charge is 0.491 e. The fourth-order valence-corrected chi connectivity index (χ4v) is 1.92. The molecule has 0 N–H and O–H groups in total. The van der Waals surface area contributed by atoms with Crippen LogP contribution < -0.4 is 9.47 Å². The topological polar surface area (TPSA) is 18.5 Å². The maximum Gasteiger partial charge on any atom is 0.204 e. The lowest BCUT2D eigenvalue weighted by Crippen LogP contribution is -2.03. The van der Waals surface area contributed by atoms with Crippen LogP contribution >= 0.6 is 0 Å². The third-order valence-corrected chi connectivity index (χ3v) is 2.93. The smallest absolute Gasteiger partial charge is 0.204 e. The highest BCUT2D eigenvalue weighted by Gasteiger charge is 2.26. The average Bonchev–Trinajstić information content (AvgIpc) is 2.48. The summed E-state index contributed by atoms with van der Waals surface area (Å²) in [4.78, 5) is 0. The molecule has 0 heterocycles. The number of hydrogen-bond acceptors (Lipinski definition) is 2. The lowest BCUT2D eigenvalue weighted by molar-refractivity contribution is 0.345. The van der Waals surface area contributed by atoms with Crippen LogP contribution in [-0.4, -0.2) is 14.2 Å². The average molecular weight is 322 g/mol. The van der Waals surface area contributed by atoms with Gasteiger partial charge in [0.15, 0.2) is 34.8 Å². The molecule has 0 saturated carbocycles. The van der Waals surface area contributed by atoms with E-state index in [9.17, 15) is 26.3 Å². The molecule has 2 aromatic rings. The van der Waals surface area contributed by atoms with E-state index in [4.69, 9.17) is 0 Å². The first kappa shape index (κ1) is 16.0. The molecular formula is C14H8F6O2. The third kappa shape index (κ3) is 2.34. The van der Waals surface area contributed by atoms with Gasteiger partial charge < -0.3 is 9.47 Å². The minimum Gasteiger partial charge on any atom is -0.491 e. The van der Waals surface area contributed by atoms with Crippen LogP contribution in [0.3, 0.4) is 0 Å². The van der Waals surface area contributed by atoms with Gasteiger partial charge in [-0.05, 0) is 12.1 Å². The molecule has 0 atom stereocenters. The number of halogens is 6. The quantitative estimate of drug-likeness (QED) is 0.623. The summed E-state index contributed by atoms with van der Waals surface area (Å²) in [5.74, 6) is -11.7. The van der Waals surface area contributed by atoms with Crippen molar-refractivity contribution in [3.63, 3.8) is 0 Å². The molecule has 0 saturated heterocycles. The monoisotopic (exact) mass is 322 g/mol. The molecule has 0 aliphatic heterocycles. The Morgan fingerprint density at radius 1 is 0.591 bits per heavy atom. The van der Waals surface area contributed by atoms with Crippen molar-refractivity contribution in [2.45, 2.75) is 0 Å². The summed E-state index contributed by atoms with van der Waals surface area (Å²) in [5, 5.41) is 0. The summed E-state index contributed by atoms with van der Waals surface area (Å²) >= 11 is 0. The van der Waals surface area contributed by atoms with Crippen LogP contribution in [0.2, 0.25) is 0 Å². The van der Waals surface area contributed by atoms with E-state index in [0.29, 0.717) is 12.1 Å². The summed E-state index contributed by atoms with van der Waals surface area (Å²) in [5.41, 5.74) is -1.98. The van der Waals surface area contributed by atoms with Crippen LogP contribution in [0.15, 0.2) is 12.1 Å². The van der Waals surface area contributed by atoms with Gasteiger partial charge in [-0.3, -0.25) is 0 Å².